The van der Waals surface area contributed by atoms with Gasteiger partial charge in [0.2, 0.25) is 11.8 Å². The third-order valence-corrected chi connectivity index (χ3v) is 6.03. The van der Waals surface area contributed by atoms with Crippen molar-refractivity contribution in [1.82, 2.24) is 10.2 Å². The molecule has 2 amide bonds. The maximum Gasteiger partial charge on any atom is 0.246 e. The van der Waals surface area contributed by atoms with Gasteiger partial charge in [0.1, 0.15) is 5.54 Å². The van der Waals surface area contributed by atoms with Crippen LogP contribution in [0, 0.1) is 0 Å². The molecule has 0 saturated carbocycles. The number of benzene rings is 1. The first-order valence-corrected chi connectivity index (χ1v) is 9.59. The van der Waals surface area contributed by atoms with Crippen LogP contribution in [-0.2, 0) is 22.6 Å². The molecule has 3 rings (SSSR count). The number of hydrogen-bond donors (Lipinski definition) is 1. The molecule has 2 heterocycles. The van der Waals surface area contributed by atoms with Crippen LogP contribution in [0.2, 0.25) is 10.0 Å². The van der Waals surface area contributed by atoms with Crippen LogP contribution in [0.15, 0.2) is 35.7 Å². The fourth-order valence-electron chi connectivity index (χ4n) is 2.89. The molecule has 2 aromatic rings. The fourth-order valence-corrected chi connectivity index (χ4v) is 4.01. The van der Waals surface area contributed by atoms with Crippen LogP contribution in [0.1, 0.15) is 23.8 Å². The van der Waals surface area contributed by atoms with Gasteiger partial charge in [0.25, 0.3) is 0 Å². The molecular formula is C18H18Cl2N2O2S. The lowest BCUT2D eigenvalue weighted by Gasteiger charge is -2.49. The van der Waals surface area contributed by atoms with E-state index >= 15 is 0 Å². The van der Waals surface area contributed by atoms with E-state index in [9.17, 15) is 9.59 Å². The molecule has 7 heteroatoms. The van der Waals surface area contributed by atoms with Crippen LogP contribution in [0.3, 0.4) is 0 Å². The van der Waals surface area contributed by atoms with E-state index < -0.39 is 5.54 Å². The van der Waals surface area contributed by atoms with E-state index in [1.807, 2.05) is 24.4 Å². The summed E-state index contributed by atoms with van der Waals surface area (Å²) in [7, 11) is 0. The number of nitrogens with zero attached hydrogens (tertiary/aromatic N) is 1. The predicted molar refractivity (Wildman–Crippen MR) is 101 cm³/mol. The second-order valence-corrected chi connectivity index (χ2v) is 8.12. The van der Waals surface area contributed by atoms with Gasteiger partial charge in [-0.1, -0.05) is 35.3 Å². The van der Waals surface area contributed by atoms with Crippen molar-refractivity contribution in [3.8, 4) is 0 Å². The van der Waals surface area contributed by atoms with Crippen LogP contribution in [0.4, 0.5) is 0 Å². The van der Waals surface area contributed by atoms with Crippen molar-refractivity contribution in [2.75, 3.05) is 6.54 Å². The molecule has 0 spiro atoms. The molecule has 1 saturated heterocycles. The summed E-state index contributed by atoms with van der Waals surface area (Å²) in [6.07, 6.45) is 0.813. The smallest absolute Gasteiger partial charge is 0.246 e. The summed E-state index contributed by atoms with van der Waals surface area (Å²) in [5, 5.41) is 5.89. The fraction of sp³-hybridized carbons (Fsp3) is 0.333. The first-order chi connectivity index (χ1) is 11.9. The van der Waals surface area contributed by atoms with Crippen molar-refractivity contribution in [3.05, 3.63) is 56.2 Å². The van der Waals surface area contributed by atoms with Gasteiger partial charge in [-0.25, -0.2) is 0 Å². The maximum absolute atomic E-state index is 12.6. The van der Waals surface area contributed by atoms with Crippen molar-refractivity contribution in [2.24, 2.45) is 0 Å². The summed E-state index contributed by atoms with van der Waals surface area (Å²) in [5.74, 6) is -0.230. The topological polar surface area (TPSA) is 49.4 Å². The summed E-state index contributed by atoms with van der Waals surface area (Å²) in [6, 6.07) is 8.99. The van der Waals surface area contributed by atoms with Crippen LogP contribution >= 0.6 is 34.5 Å². The van der Waals surface area contributed by atoms with E-state index in [4.69, 9.17) is 23.2 Å². The Bertz CT molecular complexity index is 794. The summed E-state index contributed by atoms with van der Waals surface area (Å²) < 4.78 is 0. The van der Waals surface area contributed by atoms with E-state index in [0.29, 0.717) is 35.1 Å². The van der Waals surface area contributed by atoms with Gasteiger partial charge in [0.05, 0.1) is 13.0 Å². The average Bonchev–Trinajstić information content (AvgIpc) is 3.07. The first kappa shape index (κ1) is 18.2. The van der Waals surface area contributed by atoms with Gasteiger partial charge >= 0.3 is 0 Å². The number of nitrogens with one attached hydrogen (secondary N) is 1. The van der Waals surface area contributed by atoms with Crippen molar-refractivity contribution in [3.63, 3.8) is 0 Å². The van der Waals surface area contributed by atoms with E-state index in [-0.39, 0.29) is 18.2 Å². The Kier molecular flexibility index (Phi) is 5.37. The van der Waals surface area contributed by atoms with Crippen LogP contribution in [0.5, 0.6) is 0 Å². The lowest BCUT2D eigenvalue weighted by molar-refractivity contribution is -0.157. The molecule has 1 unspecified atom stereocenters. The largest absolute Gasteiger partial charge is 0.349 e. The van der Waals surface area contributed by atoms with Crippen LogP contribution in [-0.4, -0.2) is 28.8 Å². The minimum Gasteiger partial charge on any atom is -0.349 e. The van der Waals surface area contributed by atoms with Crippen molar-refractivity contribution in [1.29, 1.82) is 0 Å². The Hall–Kier alpha value is -1.56. The number of rotatable bonds is 5. The standard InChI is InChI=1S/C18H18Cl2N2O2S/c1-18(17(24)21-11-14-3-2-8-25-14)6-7-22(18)16(23)9-12-4-5-13(19)10-15(12)20/h2-5,8,10H,6-7,9,11H2,1H3,(H,21,24). The molecule has 1 aromatic carbocycles. The zero-order valence-corrected chi connectivity index (χ0v) is 16.0. The summed E-state index contributed by atoms with van der Waals surface area (Å²) >= 11 is 13.6. The van der Waals surface area contributed by atoms with Crippen molar-refractivity contribution >= 4 is 46.4 Å². The predicted octanol–water partition coefficient (Wildman–Crippen LogP) is 3.90. The van der Waals surface area contributed by atoms with Gasteiger partial charge < -0.3 is 10.2 Å². The molecular weight excluding hydrogens is 379 g/mol. The second-order valence-electron chi connectivity index (χ2n) is 6.24. The Morgan fingerprint density at radius 3 is 2.72 bits per heavy atom. The number of hydrogen-bond acceptors (Lipinski definition) is 3. The van der Waals surface area contributed by atoms with Gasteiger partial charge in [0, 0.05) is 21.5 Å². The zero-order valence-electron chi connectivity index (χ0n) is 13.7. The minimum atomic E-state index is -0.798. The van der Waals surface area contributed by atoms with E-state index in [1.165, 1.54) is 0 Å². The molecule has 1 aliphatic rings. The van der Waals surface area contributed by atoms with E-state index in [2.05, 4.69) is 5.32 Å². The Balaban J connectivity index is 1.63. The van der Waals surface area contributed by atoms with Gasteiger partial charge in [-0.2, -0.15) is 0 Å². The summed E-state index contributed by atoms with van der Waals surface area (Å²) in [5.41, 5.74) is -0.0860. The van der Waals surface area contributed by atoms with Gasteiger partial charge in [0.15, 0.2) is 0 Å². The third-order valence-electron chi connectivity index (χ3n) is 4.57. The van der Waals surface area contributed by atoms with Gasteiger partial charge in [-0.05, 0) is 42.5 Å². The van der Waals surface area contributed by atoms with E-state index in [1.54, 1.807) is 34.4 Å². The monoisotopic (exact) mass is 396 g/mol. The average molecular weight is 397 g/mol. The first-order valence-electron chi connectivity index (χ1n) is 7.95. The van der Waals surface area contributed by atoms with Crippen LogP contribution in [0.25, 0.3) is 0 Å². The number of halogens is 2. The number of carbonyl (C=O) groups is 2. The SMILES string of the molecule is CC1(C(=O)NCc2cccs2)CCN1C(=O)Cc1ccc(Cl)cc1Cl. The zero-order chi connectivity index (χ0) is 18.0. The molecule has 0 bridgehead atoms. The Labute approximate surface area is 160 Å². The molecule has 4 nitrogen and oxygen atoms in total. The summed E-state index contributed by atoms with van der Waals surface area (Å²) in [4.78, 5) is 27.9. The third kappa shape index (κ3) is 3.84. The van der Waals surface area contributed by atoms with E-state index in [0.717, 1.165) is 4.88 Å². The highest BCUT2D eigenvalue weighted by Crippen LogP contribution is 2.32. The molecule has 132 valence electrons. The number of amides is 2. The Morgan fingerprint density at radius 2 is 2.12 bits per heavy atom. The quantitative estimate of drug-likeness (QED) is 0.832. The lowest BCUT2D eigenvalue weighted by atomic mass is 9.85. The maximum atomic E-state index is 12.6. The van der Waals surface area contributed by atoms with Gasteiger partial charge in [-0.3, -0.25) is 9.59 Å². The molecule has 25 heavy (non-hydrogen) atoms. The lowest BCUT2D eigenvalue weighted by Crippen LogP contribution is -2.67. The van der Waals surface area contributed by atoms with Crippen molar-refractivity contribution < 1.29 is 9.59 Å². The molecule has 1 fully saturated rings. The normalized spacial score (nSPS) is 19.4. The molecule has 1 N–H and O–H groups in total. The molecule has 1 aromatic heterocycles. The number of thiophene rings is 1. The molecule has 0 aliphatic carbocycles. The second kappa shape index (κ2) is 7.36. The number of likely N-dealkylation sites (tertiary alicyclic amines) is 1. The van der Waals surface area contributed by atoms with Gasteiger partial charge in [-0.15, -0.1) is 11.3 Å². The highest BCUT2D eigenvalue weighted by molar-refractivity contribution is 7.09. The highest BCUT2D eigenvalue weighted by atomic mass is 35.5. The van der Waals surface area contributed by atoms with Crippen molar-refractivity contribution in [2.45, 2.75) is 31.8 Å². The molecule has 0 radical (unpaired) electrons. The van der Waals surface area contributed by atoms with Crippen LogP contribution < -0.4 is 5.32 Å². The highest BCUT2D eigenvalue weighted by Gasteiger charge is 2.49. The Morgan fingerprint density at radius 1 is 1.32 bits per heavy atom. The summed E-state index contributed by atoms with van der Waals surface area (Å²) in [6.45, 7) is 2.87. The number of carbonyl (C=O) groups excluding carboxylic acids is 2. The molecule has 1 atom stereocenters. The molecule has 1 aliphatic heterocycles. The minimum absolute atomic E-state index is 0.107.